The molecule has 0 radical (unpaired) electrons. The summed E-state index contributed by atoms with van der Waals surface area (Å²) in [5, 5.41) is 0. The molecule has 0 fully saturated rings. The van der Waals surface area contributed by atoms with Crippen LogP contribution in [0.2, 0.25) is 0 Å². The van der Waals surface area contributed by atoms with Gasteiger partial charge in [-0.15, -0.1) is 0 Å². The molecule has 0 saturated carbocycles. The molecule has 1 nitrogen and oxygen atoms in total. The van der Waals surface area contributed by atoms with Crippen LogP contribution >= 0.6 is 28.6 Å². The lowest BCUT2D eigenvalue weighted by molar-refractivity contribution is 0.258. The molecule has 1 aromatic rings. The van der Waals surface area contributed by atoms with Gasteiger partial charge in [-0.2, -0.15) is 12.6 Å². The number of ether oxygens (including phenoxy) is 1. The molecule has 0 spiro atoms. The number of hydrogen-bond donors (Lipinski definition) is 1. The summed E-state index contributed by atoms with van der Waals surface area (Å²) in [5.74, 6) is 1.65. The third-order valence-electron chi connectivity index (χ3n) is 2.20. The van der Waals surface area contributed by atoms with E-state index in [9.17, 15) is 4.39 Å². The SMILES string of the molecule is CCC(CS)COc1ccc(F)cc1Br. The van der Waals surface area contributed by atoms with Gasteiger partial charge in [0.1, 0.15) is 11.6 Å². The van der Waals surface area contributed by atoms with E-state index < -0.39 is 0 Å². The zero-order valence-corrected chi connectivity index (χ0v) is 11.0. The van der Waals surface area contributed by atoms with Gasteiger partial charge in [0, 0.05) is 5.92 Å². The van der Waals surface area contributed by atoms with E-state index in [1.807, 2.05) is 0 Å². The predicted octanol–water partition coefficient (Wildman–Crippen LogP) is 3.92. The third-order valence-corrected chi connectivity index (χ3v) is 3.34. The fourth-order valence-corrected chi connectivity index (χ4v) is 1.93. The van der Waals surface area contributed by atoms with Gasteiger partial charge >= 0.3 is 0 Å². The summed E-state index contributed by atoms with van der Waals surface area (Å²) >= 11 is 7.49. The first-order valence-corrected chi connectivity index (χ1v) is 6.28. The standard InChI is InChI=1S/C11H14BrFOS/c1-2-8(7-15)6-14-11-4-3-9(13)5-10(11)12/h3-5,8,15H,2,6-7H2,1H3. The Kier molecular flexibility index (Phi) is 5.47. The van der Waals surface area contributed by atoms with Crippen molar-refractivity contribution in [1.82, 2.24) is 0 Å². The average molecular weight is 293 g/mol. The molecule has 0 aliphatic rings. The average Bonchev–Trinajstić information content (AvgIpc) is 2.22. The second-order valence-electron chi connectivity index (χ2n) is 3.34. The molecule has 0 heterocycles. The molecule has 0 bridgehead atoms. The van der Waals surface area contributed by atoms with Crippen LogP contribution in [0, 0.1) is 11.7 Å². The van der Waals surface area contributed by atoms with E-state index in [-0.39, 0.29) is 5.82 Å². The van der Waals surface area contributed by atoms with Gasteiger partial charge < -0.3 is 4.74 Å². The predicted molar refractivity (Wildman–Crippen MR) is 67.2 cm³/mol. The molecule has 0 N–H and O–H groups in total. The highest BCUT2D eigenvalue weighted by Gasteiger charge is 2.07. The van der Waals surface area contributed by atoms with E-state index in [1.165, 1.54) is 12.1 Å². The first-order chi connectivity index (χ1) is 7.17. The van der Waals surface area contributed by atoms with Gasteiger partial charge in [0.2, 0.25) is 0 Å². The van der Waals surface area contributed by atoms with Crippen molar-refractivity contribution in [2.75, 3.05) is 12.4 Å². The highest BCUT2D eigenvalue weighted by Crippen LogP contribution is 2.26. The Morgan fingerprint density at radius 1 is 1.53 bits per heavy atom. The van der Waals surface area contributed by atoms with E-state index >= 15 is 0 Å². The second-order valence-corrected chi connectivity index (χ2v) is 4.56. The summed E-state index contributed by atoms with van der Waals surface area (Å²) in [6, 6.07) is 4.42. The molecule has 15 heavy (non-hydrogen) atoms. The summed E-state index contributed by atoms with van der Waals surface area (Å²) in [4.78, 5) is 0. The van der Waals surface area contributed by atoms with Crippen LogP contribution in [0.15, 0.2) is 22.7 Å². The molecule has 0 aromatic heterocycles. The summed E-state index contributed by atoms with van der Waals surface area (Å²) in [7, 11) is 0. The molecule has 1 rings (SSSR count). The molecule has 0 aliphatic carbocycles. The highest BCUT2D eigenvalue weighted by atomic mass is 79.9. The van der Waals surface area contributed by atoms with Gasteiger partial charge in [0.05, 0.1) is 11.1 Å². The van der Waals surface area contributed by atoms with Gasteiger partial charge in [0.25, 0.3) is 0 Å². The van der Waals surface area contributed by atoms with Crippen molar-refractivity contribution >= 4 is 28.6 Å². The smallest absolute Gasteiger partial charge is 0.133 e. The minimum Gasteiger partial charge on any atom is -0.492 e. The number of benzene rings is 1. The van der Waals surface area contributed by atoms with E-state index in [0.717, 1.165) is 12.2 Å². The van der Waals surface area contributed by atoms with Crippen LogP contribution in [0.25, 0.3) is 0 Å². The van der Waals surface area contributed by atoms with Crippen LogP contribution in [-0.2, 0) is 0 Å². The quantitative estimate of drug-likeness (QED) is 0.809. The van der Waals surface area contributed by atoms with Crippen molar-refractivity contribution in [3.05, 3.63) is 28.5 Å². The van der Waals surface area contributed by atoms with Crippen LogP contribution in [0.5, 0.6) is 5.75 Å². The topological polar surface area (TPSA) is 9.23 Å². The fraction of sp³-hybridized carbons (Fsp3) is 0.455. The number of thiol groups is 1. The largest absolute Gasteiger partial charge is 0.492 e. The van der Waals surface area contributed by atoms with Crippen LogP contribution < -0.4 is 4.74 Å². The molecule has 1 aromatic carbocycles. The van der Waals surface area contributed by atoms with Crippen LogP contribution in [0.4, 0.5) is 4.39 Å². The molecule has 1 atom stereocenters. The molecule has 0 saturated heterocycles. The normalized spacial score (nSPS) is 12.5. The second kappa shape index (κ2) is 6.38. The Morgan fingerprint density at radius 3 is 2.80 bits per heavy atom. The third kappa shape index (κ3) is 4.03. The minimum atomic E-state index is -0.268. The summed E-state index contributed by atoms with van der Waals surface area (Å²) < 4.78 is 19.0. The molecule has 0 aliphatic heterocycles. The first-order valence-electron chi connectivity index (χ1n) is 4.86. The monoisotopic (exact) mass is 292 g/mol. The summed E-state index contributed by atoms with van der Waals surface area (Å²) in [5.41, 5.74) is 0. The van der Waals surface area contributed by atoms with Crippen molar-refractivity contribution in [1.29, 1.82) is 0 Å². The Morgan fingerprint density at radius 2 is 2.27 bits per heavy atom. The lowest BCUT2D eigenvalue weighted by Crippen LogP contribution is -2.12. The Labute approximate surface area is 104 Å². The summed E-state index contributed by atoms with van der Waals surface area (Å²) in [6.07, 6.45) is 1.03. The molecule has 84 valence electrons. The van der Waals surface area contributed by atoms with Crippen LogP contribution in [-0.4, -0.2) is 12.4 Å². The van der Waals surface area contributed by atoms with E-state index in [4.69, 9.17) is 4.74 Å². The van der Waals surface area contributed by atoms with Crippen molar-refractivity contribution in [3.63, 3.8) is 0 Å². The Balaban J connectivity index is 2.57. The lowest BCUT2D eigenvalue weighted by atomic mass is 10.1. The maximum atomic E-state index is 12.8. The van der Waals surface area contributed by atoms with Crippen molar-refractivity contribution in [3.8, 4) is 5.75 Å². The van der Waals surface area contributed by atoms with E-state index in [2.05, 4.69) is 35.5 Å². The van der Waals surface area contributed by atoms with Crippen molar-refractivity contribution in [2.45, 2.75) is 13.3 Å². The molecule has 1 unspecified atom stereocenters. The molecule has 4 heteroatoms. The number of halogens is 2. The van der Waals surface area contributed by atoms with Gasteiger partial charge in [0.15, 0.2) is 0 Å². The summed E-state index contributed by atoms with van der Waals surface area (Å²) in [6.45, 7) is 2.72. The molecular weight excluding hydrogens is 279 g/mol. The van der Waals surface area contributed by atoms with Crippen molar-refractivity contribution in [2.24, 2.45) is 5.92 Å². The number of hydrogen-bond acceptors (Lipinski definition) is 2. The van der Waals surface area contributed by atoms with Gasteiger partial charge in [-0.3, -0.25) is 0 Å². The zero-order valence-electron chi connectivity index (χ0n) is 8.54. The first kappa shape index (κ1) is 12.8. The zero-order chi connectivity index (χ0) is 11.3. The van der Waals surface area contributed by atoms with Gasteiger partial charge in [-0.1, -0.05) is 6.92 Å². The highest BCUT2D eigenvalue weighted by molar-refractivity contribution is 9.10. The minimum absolute atomic E-state index is 0.268. The molecule has 0 amide bonds. The Hall–Kier alpha value is -0.220. The molecular formula is C11H14BrFOS. The number of rotatable bonds is 5. The van der Waals surface area contributed by atoms with E-state index in [0.29, 0.717) is 22.7 Å². The van der Waals surface area contributed by atoms with Gasteiger partial charge in [-0.05, 0) is 46.3 Å². The Bertz CT molecular complexity index is 315. The van der Waals surface area contributed by atoms with E-state index in [1.54, 1.807) is 6.07 Å². The fourth-order valence-electron chi connectivity index (χ4n) is 1.10. The van der Waals surface area contributed by atoms with Gasteiger partial charge in [-0.25, -0.2) is 4.39 Å². The van der Waals surface area contributed by atoms with Crippen LogP contribution in [0.1, 0.15) is 13.3 Å². The van der Waals surface area contributed by atoms with Crippen molar-refractivity contribution < 1.29 is 9.13 Å². The van der Waals surface area contributed by atoms with Crippen LogP contribution in [0.3, 0.4) is 0 Å². The maximum absolute atomic E-state index is 12.8. The lowest BCUT2D eigenvalue weighted by Gasteiger charge is -2.14. The maximum Gasteiger partial charge on any atom is 0.133 e.